The average molecular weight is 203 g/mol. The Bertz CT molecular complexity index is 443. The normalized spacial score (nSPS) is 11.1. The maximum atomic E-state index is 2.31. The van der Waals surface area contributed by atoms with E-state index in [2.05, 4.69) is 53.8 Å². The molecule has 2 aromatic rings. The SMILES string of the molecule is CCCCC[n+]1cc2ccccc2n1C. The smallest absolute Gasteiger partial charge is 0.156 e. The summed E-state index contributed by atoms with van der Waals surface area (Å²) in [5.74, 6) is 0. The van der Waals surface area contributed by atoms with Gasteiger partial charge in [-0.05, 0) is 18.6 Å². The Morgan fingerprint density at radius 3 is 2.73 bits per heavy atom. The number of aryl methyl sites for hydroxylation is 2. The molecule has 0 saturated carbocycles. The lowest BCUT2D eigenvalue weighted by Gasteiger charge is -1.96. The molecule has 1 aromatic carbocycles. The Morgan fingerprint density at radius 2 is 2.00 bits per heavy atom. The van der Waals surface area contributed by atoms with Crippen LogP contribution in [0.15, 0.2) is 30.5 Å². The van der Waals surface area contributed by atoms with Gasteiger partial charge in [0.05, 0.1) is 12.4 Å². The second-order valence-corrected chi connectivity index (χ2v) is 4.08. The van der Waals surface area contributed by atoms with Gasteiger partial charge in [0, 0.05) is 6.42 Å². The topological polar surface area (TPSA) is 8.81 Å². The first-order valence-electron chi connectivity index (χ1n) is 5.77. The number of benzene rings is 1. The van der Waals surface area contributed by atoms with Crippen LogP contribution < -0.4 is 4.68 Å². The minimum Gasteiger partial charge on any atom is -0.156 e. The van der Waals surface area contributed by atoms with E-state index in [0.717, 1.165) is 6.54 Å². The molecule has 1 heterocycles. The van der Waals surface area contributed by atoms with E-state index in [1.54, 1.807) is 0 Å². The van der Waals surface area contributed by atoms with Crippen molar-refractivity contribution in [3.05, 3.63) is 30.5 Å². The van der Waals surface area contributed by atoms with Crippen LogP contribution in [0.3, 0.4) is 0 Å². The van der Waals surface area contributed by atoms with Crippen LogP contribution in [0.1, 0.15) is 26.2 Å². The zero-order valence-corrected chi connectivity index (χ0v) is 9.61. The number of para-hydroxylation sites is 1. The third-order valence-corrected chi connectivity index (χ3v) is 2.95. The molecule has 0 aliphatic rings. The van der Waals surface area contributed by atoms with E-state index in [4.69, 9.17) is 0 Å². The van der Waals surface area contributed by atoms with Crippen molar-refractivity contribution in [3.63, 3.8) is 0 Å². The van der Waals surface area contributed by atoms with E-state index in [0.29, 0.717) is 0 Å². The highest BCUT2D eigenvalue weighted by Crippen LogP contribution is 2.10. The molecule has 15 heavy (non-hydrogen) atoms. The van der Waals surface area contributed by atoms with Crippen LogP contribution in [0, 0.1) is 0 Å². The zero-order valence-electron chi connectivity index (χ0n) is 9.61. The maximum Gasteiger partial charge on any atom is 0.203 e. The Hall–Kier alpha value is -1.31. The molecule has 0 aliphatic carbocycles. The van der Waals surface area contributed by atoms with E-state index in [1.165, 1.54) is 30.2 Å². The molecule has 0 fully saturated rings. The molecule has 2 nitrogen and oxygen atoms in total. The second kappa shape index (κ2) is 4.47. The molecular weight excluding hydrogens is 184 g/mol. The number of aromatic nitrogens is 2. The fourth-order valence-electron chi connectivity index (χ4n) is 2.02. The summed E-state index contributed by atoms with van der Waals surface area (Å²) in [5.41, 5.74) is 1.31. The van der Waals surface area contributed by atoms with Gasteiger partial charge in [-0.3, -0.25) is 0 Å². The van der Waals surface area contributed by atoms with Crippen molar-refractivity contribution in [1.29, 1.82) is 0 Å². The van der Waals surface area contributed by atoms with Gasteiger partial charge in [-0.25, -0.2) is 0 Å². The zero-order chi connectivity index (χ0) is 10.7. The molecule has 0 aliphatic heterocycles. The molecule has 0 spiro atoms. The molecule has 0 radical (unpaired) electrons. The van der Waals surface area contributed by atoms with E-state index in [-0.39, 0.29) is 0 Å². The largest absolute Gasteiger partial charge is 0.203 e. The first-order valence-corrected chi connectivity index (χ1v) is 5.77. The van der Waals surface area contributed by atoms with Gasteiger partial charge in [-0.2, -0.15) is 4.68 Å². The number of nitrogens with zero attached hydrogens (tertiary/aromatic N) is 2. The predicted octanol–water partition coefficient (Wildman–Crippen LogP) is 2.66. The van der Waals surface area contributed by atoms with Gasteiger partial charge in [0.1, 0.15) is 5.52 Å². The van der Waals surface area contributed by atoms with Crippen molar-refractivity contribution in [3.8, 4) is 0 Å². The van der Waals surface area contributed by atoms with E-state index < -0.39 is 0 Å². The summed E-state index contributed by atoms with van der Waals surface area (Å²) < 4.78 is 4.55. The molecule has 0 unspecified atom stereocenters. The number of unbranched alkanes of at least 4 members (excludes halogenated alkanes) is 2. The molecule has 0 amide bonds. The van der Waals surface area contributed by atoms with Crippen LogP contribution in [0.2, 0.25) is 0 Å². The number of rotatable bonds is 4. The van der Waals surface area contributed by atoms with Crippen molar-refractivity contribution < 1.29 is 4.68 Å². The van der Waals surface area contributed by atoms with Gasteiger partial charge < -0.3 is 0 Å². The highest BCUT2D eigenvalue weighted by atomic mass is 15.4. The van der Waals surface area contributed by atoms with Gasteiger partial charge in [0.2, 0.25) is 6.20 Å². The van der Waals surface area contributed by atoms with Crippen LogP contribution >= 0.6 is 0 Å². The fourth-order valence-corrected chi connectivity index (χ4v) is 2.02. The first kappa shape index (κ1) is 10.2. The van der Waals surface area contributed by atoms with Crippen LogP contribution in [0.25, 0.3) is 10.9 Å². The fraction of sp³-hybridized carbons (Fsp3) is 0.462. The van der Waals surface area contributed by atoms with Crippen molar-refractivity contribution >= 4 is 10.9 Å². The summed E-state index contributed by atoms with van der Waals surface area (Å²) in [6.45, 7) is 3.37. The van der Waals surface area contributed by atoms with Crippen LogP contribution in [0.5, 0.6) is 0 Å². The standard InChI is InChI=1S/C13H19N2/c1-3-4-7-10-15-11-12-8-5-6-9-13(12)14(15)2/h5-6,8-9,11H,3-4,7,10H2,1-2H3/q+1. The molecular formula is C13H19N2+. The number of hydrogen-bond donors (Lipinski definition) is 0. The Morgan fingerprint density at radius 1 is 1.20 bits per heavy atom. The summed E-state index contributed by atoms with van der Waals surface area (Å²) >= 11 is 0. The van der Waals surface area contributed by atoms with Crippen molar-refractivity contribution in [2.24, 2.45) is 7.05 Å². The van der Waals surface area contributed by atoms with Crippen LogP contribution in [0.4, 0.5) is 0 Å². The van der Waals surface area contributed by atoms with Gasteiger partial charge in [-0.1, -0.05) is 25.5 Å². The Balaban J connectivity index is 2.24. The number of hydrogen-bond acceptors (Lipinski definition) is 0. The van der Waals surface area contributed by atoms with Crippen LogP contribution in [-0.2, 0) is 13.6 Å². The minimum absolute atomic E-state index is 1.12. The van der Waals surface area contributed by atoms with Gasteiger partial charge in [0.15, 0.2) is 6.54 Å². The molecule has 80 valence electrons. The van der Waals surface area contributed by atoms with E-state index >= 15 is 0 Å². The molecule has 2 heteroatoms. The second-order valence-electron chi connectivity index (χ2n) is 4.08. The Kier molecular flexibility index (Phi) is 3.05. The lowest BCUT2D eigenvalue weighted by Crippen LogP contribution is -2.41. The molecule has 0 atom stereocenters. The van der Waals surface area contributed by atoms with Gasteiger partial charge in [0.25, 0.3) is 0 Å². The predicted molar refractivity (Wildman–Crippen MR) is 62.6 cm³/mol. The average Bonchev–Trinajstić information content (AvgIpc) is 2.57. The van der Waals surface area contributed by atoms with Crippen molar-refractivity contribution in [1.82, 2.24) is 4.68 Å². The summed E-state index contributed by atoms with van der Waals surface area (Å²) in [5, 5.41) is 1.33. The van der Waals surface area contributed by atoms with Gasteiger partial charge in [-0.15, -0.1) is 4.68 Å². The lowest BCUT2D eigenvalue weighted by molar-refractivity contribution is -0.771. The summed E-state index contributed by atoms with van der Waals surface area (Å²) in [7, 11) is 2.13. The Labute approximate surface area is 91.1 Å². The summed E-state index contributed by atoms with van der Waals surface area (Å²) in [4.78, 5) is 0. The van der Waals surface area contributed by atoms with Gasteiger partial charge >= 0.3 is 0 Å². The third-order valence-electron chi connectivity index (χ3n) is 2.95. The van der Waals surface area contributed by atoms with Crippen LogP contribution in [-0.4, -0.2) is 4.68 Å². The lowest BCUT2D eigenvalue weighted by atomic mass is 10.2. The molecule has 0 N–H and O–H groups in total. The quantitative estimate of drug-likeness (QED) is 0.533. The molecule has 0 bridgehead atoms. The van der Waals surface area contributed by atoms with E-state index in [9.17, 15) is 0 Å². The van der Waals surface area contributed by atoms with Crippen molar-refractivity contribution in [2.75, 3.05) is 0 Å². The highest BCUT2D eigenvalue weighted by molar-refractivity contribution is 5.76. The number of fused-ring (bicyclic) bond motifs is 1. The minimum atomic E-state index is 1.12. The summed E-state index contributed by atoms with van der Waals surface area (Å²) in [6.07, 6.45) is 6.11. The molecule has 0 saturated heterocycles. The highest BCUT2D eigenvalue weighted by Gasteiger charge is 2.10. The summed E-state index contributed by atoms with van der Waals surface area (Å²) in [6, 6.07) is 8.54. The third kappa shape index (κ3) is 2.04. The molecule has 1 aromatic heterocycles. The van der Waals surface area contributed by atoms with Crippen molar-refractivity contribution in [2.45, 2.75) is 32.7 Å². The first-order chi connectivity index (χ1) is 7.33. The molecule has 2 rings (SSSR count). The monoisotopic (exact) mass is 203 g/mol. The maximum absolute atomic E-state index is 2.31. The van der Waals surface area contributed by atoms with E-state index in [1.807, 2.05) is 0 Å².